The van der Waals surface area contributed by atoms with Crippen molar-refractivity contribution in [2.75, 3.05) is 13.1 Å². The van der Waals surface area contributed by atoms with E-state index in [4.69, 9.17) is 5.11 Å². The second-order valence-corrected chi connectivity index (χ2v) is 4.93. The van der Waals surface area contributed by atoms with E-state index in [-0.39, 0.29) is 5.92 Å². The molecule has 1 aliphatic rings. The van der Waals surface area contributed by atoms with Crippen LogP contribution in [0.25, 0.3) is 0 Å². The maximum atomic E-state index is 10.6. The van der Waals surface area contributed by atoms with E-state index in [1.165, 1.54) is 32.1 Å². The lowest BCUT2D eigenvalue weighted by atomic mass is 9.83. The molecule has 88 valence electrons. The van der Waals surface area contributed by atoms with Crippen molar-refractivity contribution in [1.29, 1.82) is 0 Å². The van der Waals surface area contributed by atoms with E-state index in [9.17, 15) is 4.79 Å². The summed E-state index contributed by atoms with van der Waals surface area (Å²) in [5.41, 5.74) is 0.457. The lowest BCUT2D eigenvalue weighted by Crippen LogP contribution is -2.35. The van der Waals surface area contributed by atoms with Crippen LogP contribution in [0.3, 0.4) is 0 Å². The van der Waals surface area contributed by atoms with Gasteiger partial charge in [0, 0.05) is 13.1 Å². The van der Waals surface area contributed by atoms with Crippen LogP contribution < -0.4 is 5.32 Å². The number of rotatable bonds is 6. The third-order valence-electron chi connectivity index (χ3n) is 3.79. The summed E-state index contributed by atoms with van der Waals surface area (Å²) >= 11 is 0. The summed E-state index contributed by atoms with van der Waals surface area (Å²) in [6.07, 6.45) is 6.49. The Bertz CT molecular complexity index is 210. The molecule has 0 radical (unpaired) electrons. The first-order valence-corrected chi connectivity index (χ1v) is 6.03. The molecular weight excluding hydrogens is 190 g/mol. The van der Waals surface area contributed by atoms with Crippen LogP contribution in [0.4, 0.5) is 0 Å². The van der Waals surface area contributed by atoms with Crippen LogP contribution in [-0.4, -0.2) is 24.2 Å². The first-order valence-electron chi connectivity index (χ1n) is 6.03. The maximum Gasteiger partial charge on any atom is 0.307 e. The highest BCUT2D eigenvalue weighted by Crippen LogP contribution is 2.40. The van der Waals surface area contributed by atoms with Crippen molar-refractivity contribution in [1.82, 2.24) is 5.32 Å². The van der Waals surface area contributed by atoms with E-state index in [0.29, 0.717) is 12.0 Å². The second-order valence-electron chi connectivity index (χ2n) is 4.93. The van der Waals surface area contributed by atoms with Crippen molar-refractivity contribution in [3.63, 3.8) is 0 Å². The largest absolute Gasteiger partial charge is 0.481 e. The monoisotopic (exact) mass is 213 g/mol. The van der Waals surface area contributed by atoms with Crippen LogP contribution >= 0.6 is 0 Å². The van der Waals surface area contributed by atoms with Crippen molar-refractivity contribution in [3.05, 3.63) is 0 Å². The SMILES string of the molecule is CCC1(CNCC(C)C(=O)O)CCCC1. The Kier molecular flexibility index (Phi) is 4.58. The van der Waals surface area contributed by atoms with Crippen LogP contribution in [0.1, 0.15) is 46.0 Å². The summed E-state index contributed by atoms with van der Waals surface area (Å²) in [5.74, 6) is -0.986. The fraction of sp³-hybridized carbons (Fsp3) is 0.917. The van der Waals surface area contributed by atoms with Gasteiger partial charge in [-0.25, -0.2) is 0 Å². The van der Waals surface area contributed by atoms with Gasteiger partial charge in [-0.05, 0) is 24.7 Å². The highest BCUT2D eigenvalue weighted by Gasteiger charge is 2.31. The van der Waals surface area contributed by atoms with Gasteiger partial charge in [-0.1, -0.05) is 26.7 Å². The predicted octanol–water partition coefficient (Wildman–Crippen LogP) is 2.27. The Balaban J connectivity index is 2.26. The molecule has 0 aromatic heterocycles. The molecule has 0 aromatic carbocycles. The normalized spacial score (nSPS) is 21.5. The fourth-order valence-electron chi connectivity index (χ4n) is 2.42. The number of carbonyl (C=O) groups is 1. The molecule has 1 atom stereocenters. The van der Waals surface area contributed by atoms with E-state index >= 15 is 0 Å². The quantitative estimate of drug-likeness (QED) is 0.711. The summed E-state index contributed by atoms with van der Waals surface area (Å²) in [6.45, 7) is 5.58. The highest BCUT2D eigenvalue weighted by atomic mass is 16.4. The Labute approximate surface area is 92.3 Å². The predicted molar refractivity (Wildman–Crippen MR) is 60.9 cm³/mol. The summed E-state index contributed by atoms with van der Waals surface area (Å²) in [5, 5.41) is 12.1. The Morgan fingerprint density at radius 1 is 1.47 bits per heavy atom. The van der Waals surface area contributed by atoms with E-state index < -0.39 is 5.97 Å². The number of carboxylic acids is 1. The molecular formula is C12H23NO2. The first kappa shape index (κ1) is 12.5. The van der Waals surface area contributed by atoms with Gasteiger partial charge in [0.2, 0.25) is 0 Å². The summed E-state index contributed by atoms with van der Waals surface area (Å²) < 4.78 is 0. The number of nitrogens with one attached hydrogen (secondary N) is 1. The van der Waals surface area contributed by atoms with Gasteiger partial charge in [0.05, 0.1) is 5.92 Å². The fourth-order valence-corrected chi connectivity index (χ4v) is 2.42. The molecule has 15 heavy (non-hydrogen) atoms. The van der Waals surface area contributed by atoms with E-state index in [1.807, 2.05) is 0 Å². The molecule has 0 amide bonds. The van der Waals surface area contributed by atoms with E-state index in [2.05, 4.69) is 12.2 Å². The minimum absolute atomic E-state index is 0.277. The zero-order valence-electron chi connectivity index (χ0n) is 9.88. The highest BCUT2D eigenvalue weighted by molar-refractivity contribution is 5.69. The molecule has 1 rings (SSSR count). The molecule has 1 saturated carbocycles. The van der Waals surface area contributed by atoms with Crippen molar-refractivity contribution in [3.8, 4) is 0 Å². The Hall–Kier alpha value is -0.570. The van der Waals surface area contributed by atoms with Crippen molar-refractivity contribution in [2.24, 2.45) is 11.3 Å². The molecule has 0 bridgehead atoms. The van der Waals surface area contributed by atoms with Crippen LogP contribution in [-0.2, 0) is 4.79 Å². The van der Waals surface area contributed by atoms with Gasteiger partial charge in [-0.15, -0.1) is 0 Å². The molecule has 0 heterocycles. The van der Waals surface area contributed by atoms with E-state index in [0.717, 1.165) is 6.54 Å². The number of carboxylic acid groups (broad SMARTS) is 1. The van der Waals surface area contributed by atoms with Gasteiger partial charge < -0.3 is 10.4 Å². The van der Waals surface area contributed by atoms with Crippen molar-refractivity contribution < 1.29 is 9.90 Å². The van der Waals surface area contributed by atoms with Crippen molar-refractivity contribution >= 4 is 5.97 Å². The molecule has 0 aliphatic heterocycles. The second kappa shape index (κ2) is 5.50. The molecule has 1 aliphatic carbocycles. The summed E-state index contributed by atoms with van der Waals surface area (Å²) in [6, 6.07) is 0. The van der Waals surface area contributed by atoms with Gasteiger partial charge in [-0.2, -0.15) is 0 Å². The third-order valence-corrected chi connectivity index (χ3v) is 3.79. The molecule has 3 heteroatoms. The lowest BCUT2D eigenvalue weighted by molar-refractivity contribution is -0.140. The average Bonchev–Trinajstić information content (AvgIpc) is 2.67. The number of hydrogen-bond donors (Lipinski definition) is 2. The van der Waals surface area contributed by atoms with E-state index in [1.54, 1.807) is 6.92 Å². The van der Waals surface area contributed by atoms with Gasteiger partial charge in [0.25, 0.3) is 0 Å². The summed E-state index contributed by atoms with van der Waals surface area (Å²) in [7, 11) is 0. The minimum Gasteiger partial charge on any atom is -0.481 e. The van der Waals surface area contributed by atoms with Gasteiger partial charge in [0.15, 0.2) is 0 Å². The Morgan fingerprint density at radius 3 is 2.53 bits per heavy atom. The molecule has 0 spiro atoms. The van der Waals surface area contributed by atoms with Crippen LogP contribution in [0.15, 0.2) is 0 Å². The summed E-state index contributed by atoms with van der Waals surface area (Å²) in [4.78, 5) is 10.6. The smallest absolute Gasteiger partial charge is 0.307 e. The number of aliphatic carboxylic acids is 1. The molecule has 0 saturated heterocycles. The van der Waals surface area contributed by atoms with Crippen molar-refractivity contribution in [2.45, 2.75) is 46.0 Å². The Morgan fingerprint density at radius 2 is 2.07 bits per heavy atom. The van der Waals surface area contributed by atoms with Crippen LogP contribution in [0.2, 0.25) is 0 Å². The first-order chi connectivity index (χ1) is 7.09. The van der Waals surface area contributed by atoms with Crippen LogP contribution in [0.5, 0.6) is 0 Å². The lowest BCUT2D eigenvalue weighted by Gasteiger charge is -2.28. The minimum atomic E-state index is -0.709. The molecule has 2 N–H and O–H groups in total. The molecule has 1 fully saturated rings. The molecule has 3 nitrogen and oxygen atoms in total. The molecule has 0 aromatic rings. The average molecular weight is 213 g/mol. The number of hydrogen-bond acceptors (Lipinski definition) is 2. The zero-order valence-corrected chi connectivity index (χ0v) is 9.88. The van der Waals surface area contributed by atoms with Gasteiger partial charge in [-0.3, -0.25) is 4.79 Å². The molecule has 1 unspecified atom stereocenters. The van der Waals surface area contributed by atoms with Gasteiger partial charge >= 0.3 is 5.97 Å². The standard InChI is InChI=1S/C12H23NO2/c1-3-12(6-4-5-7-12)9-13-8-10(2)11(14)15/h10,13H,3-9H2,1-2H3,(H,14,15). The third kappa shape index (κ3) is 3.49. The maximum absolute atomic E-state index is 10.6. The van der Waals surface area contributed by atoms with Gasteiger partial charge in [0.1, 0.15) is 0 Å². The van der Waals surface area contributed by atoms with Crippen LogP contribution in [0, 0.1) is 11.3 Å². The zero-order chi connectivity index (χ0) is 11.3. The topological polar surface area (TPSA) is 49.3 Å².